The molecule has 22 heavy (non-hydrogen) atoms. The minimum atomic E-state index is -0.115. The summed E-state index contributed by atoms with van der Waals surface area (Å²) in [5.74, 6) is -0.115. The molecule has 0 radical (unpaired) electrons. The fourth-order valence-corrected chi connectivity index (χ4v) is 3.00. The van der Waals surface area contributed by atoms with Crippen molar-refractivity contribution in [3.05, 3.63) is 39.3 Å². The van der Waals surface area contributed by atoms with E-state index in [9.17, 15) is 4.79 Å². The lowest BCUT2D eigenvalue weighted by Crippen LogP contribution is -2.12. The van der Waals surface area contributed by atoms with Crippen LogP contribution < -0.4 is 11.1 Å². The number of amides is 1. The highest BCUT2D eigenvalue weighted by Crippen LogP contribution is 2.23. The van der Waals surface area contributed by atoms with Crippen molar-refractivity contribution >= 4 is 53.4 Å². The van der Waals surface area contributed by atoms with Gasteiger partial charge in [-0.3, -0.25) is 4.79 Å². The number of aromatic nitrogens is 1. The predicted molar refractivity (Wildman–Crippen MR) is 98.9 cm³/mol. The number of thiazole rings is 1. The number of nitrogens with one attached hydrogen (secondary N) is 1. The van der Waals surface area contributed by atoms with Crippen molar-refractivity contribution in [1.82, 2.24) is 4.98 Å². The molecule has 1 aromatic carbocycles. The Kier molecular flexibility index (Phi) is 8.45. The maximum Gasteiger partial charge on any atom is 0.267 e. The molecule has 0 unspecified atom stereocenters. The van der Waals surface area contributed by atoms with Gasteiger partial charge in [-0.2, -0.15) is 0 Å². The van der Waals surface area contributed by atoms with E-state index in [1.54, 1.807) is 6.07 Å². The number of hydrogen-bond donors (Lipinski definition) is 2. The molecular weight excluding hydrogens is 341 g/mol. The zero-order valence-electron chi connectivity index (χ0n) is 12.8. The quantitative estimate of drug-likeness (QED) is 0.793. The van der Waals surface area contributed by atoms with Gasteiger partial charge in [-0.05, 0) is 44.4 Å². The maximum atomic E-state index is 12.3. The fraction of sp³-hybridized carbons (Fsp3) is 0.333. The molecule has 0 saturated heterocycles. The Morgan fingerprint density at radius 3 is 2.64 bits per heavy atom. The molecule has 1 amide bonds. The summed E-state index contributed by atoms with van der Waals surface area (Å²) in [5.41, 5.74) is 8.92. The number of nitrogens with zero attached hydrogens (tertiary/aromatic N) is 1. The second kappa shape index (κ2) is 8.98. The Morgan fingerprint density at radius 2 is 2.00 bits per heavy atom. The van der Waals surface area contributed by atoms with Crippen LogP contribution >= 0.6 is 36.2 Å². The molecular formula is C15H21Cl2N3OS. The van der Waals surface area contributed by atoms with Crippen LogP contribution in [0.5, 0.6) is 0 Å². The van der Waals surface area contributed by atoms with Gasteiger partial charge < -0.3 is 11.1 Å². The van der Waals surface area contributed by atoms with E-state index < -0.39 is 0 Å². The smallest absolute Gasteiger partial charge is 0.267 e. The normalized spacial score (nSPS) is 9.59. The first-order valence-electron chi connectivity index (χ1n) is 6.65. The van der Waals surface area contributed by atoms with Gasteiger partial charge in [0.05, 0.1) is 10.7 Å². The summed E-state index contributed by atoms with van der Waals surface area (Å²) in [4.78, 5) is 17.4. The number of hydrogen-bond acceptors (Lipinski definition) is 4. The van der Waals surface area contributed by atoms with Crippen molar-refractivity contribution in [3.63, 3.8) is 0 Å². The number of anilines is 2. The lowest BCUT2D eigenvalue weighted by Gasteiger charge is -2.08. The van der Waals surface area contributed by atoms with Crippen LogP contribution in [0, 0.1) is 13.8 Å². The van der Waals surface area contributed by atoms with Crippen LogP contribution in [0.15, 0.2) is 18.2 Å². The van der Waals surface area contributed by atoms with E-state index in [-0.39, 0.29) is 30.7 Å². The first kappa shape index (κ1) is 20.7. The standard InChI is InChI=1S/C15H19N3OS.2ClH/c1-4-5-13-17-10(3)14(20-13)15(19)18-12-8-11(16)7-6-9(12)2;;/h6-8H,4-5,16H2,1-3H3,(H,18,19);2*1H. The average Bonchev–Trinajstić information content (AvgIpc) is 2.75. The summed E-state index contributed by atoms with van der Waals surface area (Å²) in [5, 5.41) is 3.93. The number of nitrogens with two attached hydrogens (primary N) is 1. The van der Waals surface area contributed by atoms with Crippen molar-refractivity contribution in [2.45, 2.75) is 33.6 Å². The highest BCUT2D eigenvalue weighted by Gasteiger charge is 2.15. The number of carbonyl (C=O) groups excluding carboxylic acids is 1. The molecule has 0 bridgehead atoms. The molecule has 0 atom stereocenters. The summed E-state index contributed by atoms with van der Waals surface area (Å²) in [6, 6.07) is 5.49. The predicted octanol–water partition coefficient (Wildman–Crippen LogP) is 4.39. The number of rotatable bonds is 4. The van der Waals surface area contributed by atoms with Crippen LogP contribution in [-0.4, -0.2) is 10.9 Å². The third-order valence-corrected chi connectivity index (χ3v) is 4.24. The first-order valence-corrected chi connectivity index (χ1v) is 7.46. The fourth-order valence-electron chi connectivity index (χ4n) is 1.94. The molecule has 2 aromatic rings. The minimum absolute atomic E-state index is 0. The van der Waals surface area contributed by atoms with Crippen molar-refractivity contribution in [3.8, 4) is 0 Å². The molecule has 0 spiro atoms. The van der Waals surface area contributed by atoms with Crippen LogP contribution in [0.4, 0.5) is 11.4 Å². The Hall–Kier alpha value is -1.30. The second-order valence-electron chi connectivity index (χ2n) is 4.80. The molecule has 0 aliphatic carbocycles. The number of halogens is 2. The number of nitrogen functional groups attached to an aromatic ring is 1. The SMILES string of the molecule is CCCc1nc(C)c(C(=O)Nc2cc(N)ccc2C)s1.Cl.Cl. The van der Waals surface area contributed by atoms with Crippen molar-refractivity contribution in [2.75, 3.05) is 11.1 Å². The van der Waals surface area contributed by atoms with Gasteiger partial charge in [0.25, 0.3) is 5.91 Å². The van der Waals surface area contributed by atoms with E-state index in [0.29, 0.717) is 10.6 Å². The van der Waals surface area contributed by atoms with Crippen LogP contribution in [0.1, 0.15) is 39.3 Å². The van der Waals surface area contributed by atoms with Crippen molar-refractivity contribution in [2.24, 2.45) is 0 Å². The molecule has 0 saturated carbocycles. The van der Waals surface area contributed by atoms with Gasteiger partial charge in [0.15, 0.2) is 0 Å². The van der Waals surface area contributed by atoms with Crippen LogP contribution in [0.3, 0.4) is 0 Å². The number of aryl methyl sites for hydroxylation is 3. The summed E-state index contributed by atoms with van der Waals surface area (Å²) in [7, 11) is 0. The van der Waals surface area contributed by atoms with Crippen molar-refractivity contribution in [1.29, 1.82) is 0 Å². The monoisotopic (exact) mass is 361 g/mol. The molecule has 0 aliphatic heterocycles. The third kappa shape index (κ3) is 4.87. The van der Waals surface area contributed by atoms with E-state index >= 15 is 0 Å². The molecule has 4 nitrogen and oxygen atoms in total. The van der Waals surface area contributed by atoms with E-state index in [0.717, 1.165) is 34.8 Å². The first-order chi connectivity index (χ1) is 9.51. The van der Waals surface area contributed by atoms with E-state index in [4.69, 9.17) is 5.73 Å². The third-order valence-electron chi connectivity index (χ3n) is 3.02. The Labute approximate surface area is 147 Å². The van der Waals surface area contributed by atoms with Crippen LogP contribution in [0.25, 0.3) is 0 Å². The number of carbonyl (C=O) groups is 1. The summed E-state index contributed by atoms with van der Waals surface area (Å²) < 4.78 is 0. The van der Waals surface area contributed by atoms with Crippen molar-refractivity contribution < 1.29 is 4.79 Å². The zero-order chi connectivity index (χ0) is 14.7. The molecule has 1 heterocycles. The maximum absolute atomic E-state index is 12.3. The van der Waals surface area contributed by atoms with Gasteiger partial charge in [-0.1, -0.05) is 13.0 Å². The average molecular weight is 362 g/mol. The summed E-state index contributed by atoms with van der Waals surface area (Å²) >= 11 is 1.47. The molecule has 1 aromatic heterocycles. The Balaban J connectivity index is 0.00000220. The lowest BCUT2D eigenvalue weighted by molar-refractivity contribution is 0.102. The summed E-state index contributed by atoms with van der Waals surface area (Å²) in [6.07, 6.45) is 1.94. The molecule has 7 heteroatoms. The second-order valence-corrected chi connectivity index (χ2v) is 5.88. The zero-order valence-corrected chi connectivity index (χ0v) is 15.3. The summed E-state index contributed by atoms with van der Waals surface area (Å²) in [6.45, 7) is 5.92. The number of benzene rings is 1. The van der Waals surface area contributed by atoms with E-state index in [1.165, 1.54) is 11.3 Å². The van der Waals surface area contributed by atoms with Gasteiger partial charge in [0.1, 0.15) is 4.88 Å². The van der Waals surface area contributed by atoms with E-state index in [2.05, 4.69) is 17.2 Å². The largest absolute Gasteiger partial charge is 0.399 e. The van der Waals surface area contributed by atoms with E-state index in [1.807, 2.05) is 26.0 Å². The molecule has 0 fully saturated rings. The van der Waals surface area contributed by atoms with Crippen LogP contribution in [0.2, 0.25) is 0 Å². The van der Waals surface area contributed by atoms with Gasteiger partial charge in [-0.15, -0.1) is 36.2 Å². The van der Waals surface area contributed by atoms with Gasteiger partial charge >= 0.3 is 0 Å². The van der Waals surface area contributed by atoms with Gasteiger partial charge in [0.2, 0.25) is 0 Å². The lowest BCUT2D eigenvalue weighted by atomic mass is 10.2. The highest BCUT2D eigenvalue weighted by molar-refractivity contribution is 7.13. The molecule has 122 valence electrons. The Bertz CT molecular complexity index is 644. The van der Waals surface area contributed by atoms with Gasteiger partial charge in [-0.25, -0.2) is 4.98 Å². The minimum Gasteiger partial charge on any atom is -0.399 e. The molecule has 2 rings (SSSR count). The van der Waals surface area contributed by atoms with Gasteiger partial charge in [0, 0.05) is 11.4 Å². The molecule has 0 aliphatic rings. The molecule has 3 N–H and O–H groups in total. The topological polar surface area (TPSA) is 68.0 Å². The Morgan fingerprint density at radius 1 is 1.32 bits per heavy atom. The highest BCUT2D eigenvalue weighted by atomic mass is 35.5. The van der Waals surface area contributed by atoms with Crippen LogP contribution in [-0.2, 0) is 6.42 Å².